The highest BCUT2D eigenvalue weighted by Crippen LogP contribution is 2.31. The number of carbonyl (C=O) groups is 1. The topological polar surface area (TPSA) is 81.5 Å². The maximum absolute atomic E-state index is 12.5. The fraction of sp³-hybridized carbons (Fsp3) is 0.348. The molecule has 3 aromatic rings. The molecule has 2 aliphatic heterocycles. The number of ether oxygens (including phenoxy) is 2. The second kappa shape index (κ2) is 8.67. The molecule has 0 unspecified atom stereocenters. The Labute approximate surface area is 180 Å². The minimum absolute atomic E-state index is 0.188. The van der Waals surface area contributed by atoms with Gasteiger partial charge in [0.25, 0.3) is 5.91 Å². The number of nitrogens with one attached hydrogen (secondary N) is 1. The van der Waals surface area contributed by atoms with E-state index in [9.17, 15) is 4.79 Å². The van der Waals surface area contributed by atoms with Crippen LogP contribution in [0.1, 0.15) is 22.5 Å². The van der Waals surface area contributed by atoms with Crippen LogP contribution < -0.4 is 19.7 Å². The number of aromatic nitrogens is 3. The molecule has 1 amide bonds. The summed E-state index contributed by atoms with van der Waals surface area (Å²) in [7, 11) is 0. The van der Waals surface area contributed by atoms with Gasteiger partial charge in [0, 0.05) is 25.3 Å². The maximum atomic E-state index is 12.5. The summed E-state index contributed by atoms with van der Waals surface area (Å²) in [6.07, 6.45) is 3.71. The van der Waals surface area contributed by atoms with Crippen LogP contribution in [0.5, 0.6) is 11.5 Å². The summed E-state index contributed by atoms with van der Waals surface area (Å²) >= 11 is 0. The number of anilines is 1. The Bertz CT molecular complexity index is 1070. The second-order valence-electron chi connectivity index (χ2n) is 7.80. The monoisotopic (exact) mass is 419 g/mol. The molecule has 0 fully saturated rings. The summed E-state index contributed by atoms with van der Waals surface area (Å²) in [6.45, 7) is 3.21. The Morgan fingerprint density at radius 1 is 1.13 bits per heavy atom. The summed E-state index contributed by atoms with van der Waals surface area (Å²) in [5.41, 5.74) is 2.95. The van der Waals surface area contributed by atoms with E-state index in [2.05, 4.69) is 44.8 Å². The molecule has 0 bridgehead atoms. The molecule has 0 saturated carbocycles. The molecular formula is C23H25N5O3. The Morgan fingerprint density at radius 2 is 1.97 bits per heavy atom. The van der Waals surface area contributed by atoms with Crippen molar-refractivity contribution in [3.63, 3.8) is 0 Å². The van der Waals surface area contributed by atoms with E-state index in [-0.39, 0.29) is 12.0 Å². The van der Waals surface area contributed by atoms with E-state index in [4.69, 9.17) is 9.47 Å². The predicted molar refractivity (Wildman–Crippen MR) is 116 cm³/mol. The van der Waals surface area contributed by atoms with Crippen molar-refractivity contribution < 1.29 is 14.3 Å². The lowest BCUT2D eigenvalue weighted by Gasteiger charge is -2.31. The molecule has 160 valence electrons. The van der Waals surface area contributed by atoms with Gasteiger partial charge in [0.15, 0.2) is 23.3 Å². The van der Waals surface area contributed by atoms with Crippen molar-refractivity contribution in [2.45, 2.75) is 25.5 Å². The quantitative estimate of drug-likeness (QED) is 0.660. The first-order valence-electron chi connectivity index (χ1n) is 10.7. The lowest BCUT2D eigenvalue weighted by Crippen LogP contribution is -2.37. The molecule has 1 aromatic heterocycles. The number of para-hydroxylation sites is 3. The van der Waals surface area contributed by atoms with Crippen molar-refractivity contribution in [1.82, 2.24) is 20.3 Å². The van der Waals surface area contributed by atoms with Crippen molar-refractivity contribution >= 4 is 11.6 Å². The van der Waals surface area contributed by atoms with Gasteiger partial charge in [-0.05, 0) is 36.6 Å². The van der Waals surface area contributed by atoms with Gasteiger partial charge in [0.05, 0.1) is 12.7 Å². The first-order valence-corrected chi connectivity index (χ1v) is 10.7. The van der Waals surface area contributed by atoms with Crippen molar-refractivity contribution in [2.24, 2.45) is 0 Å². The van der Waals surface area contributed by atoms with Crippen LogP contribution in [-0.2, 0) is 13.0 Å². The minimum Gasteiger partial charge on any atom is -0.486 e. The van der Waals surface area contributed by atoms with Gasteiger partial charge < -0.3 is 19.7 Å². The maximum Gasteiger partial charge on any atom is 0.273 e. The lowest BCUT2D eigenvalue weighted by molar-refractivity contribution is 0.0754. The Kier molecular flexibility index (Phi) is 5.43. The van der Waals surface area contributed by atoms with Crippen LogP contribution in [0.2, 0.25) is 0 Å². The molecule has 1 N–H and O–H groups in total. The number of carbonyl (C=O) groups excluding carboxylic acids is 1. The molecule has 2 aliphatic rings. The number of amides is 1. The fourth-order valence-electron chi connectivity index (χ4n) is 4.09. The molecule has 0 spiro atoms. The van der Waals surface area contributed by atoms with Crippen molar-refractivity contribution in [3.8, 4) is 11.5 Å². The zero-order valence-corrected chi connectivity index (χ0v) is 17.2. The van der Waals surface area contributed by atoms with Gasteiger partial charge in [-0.25, -0.2) is 4.68 Å². The van der Waals surface area contributed by atoms with Crippen molar-refractivity contribution in [2.75, 3.05) is 31.1 Å². The van der Waals surface area contributed by atoms with Gasteiger partial charge in [-0.15, -0.1) is 5.10 Å². The zero-order valence-electron chi connectivity index (χ0n) is 17.2. The van der Waals surface area contributed by atoms with Gasteiger partial charge in [0.1, 0.15) is 6.61 Å². The van der Waals surface area contributed by atoms with E-state index in [1.165, 1.54) is 11.3 Å². The third-order valence-corrected chi connectivity index (χ3v) is 5.60. The molecule has 31 heavy (non-hydrogen) atoms. The van der Waals surface area contributed by atoms with E-state index in [0.29, 0.717) is 25.4 Å². The first-order chi connectivity index (χ1) is 15.3. The molecule has 8 heteroatoms. The second-order valence-corrected chi connectivity index (χ2v) is 7.80. The number of aryl methyl sites for hydroxylation is 1. The van der Waals surface area contributed by atoms with Gasteiger partial charge in [-0.3, -0.25) is 4.79 Å². The van der Waals surface area contributed by atoms with E-state index >= 15 is 0 Å². The average Bonchev–Trinajstić information content (AvgIpc) is 3.28. The van der Waals surface area contributed by atoms with E-state index < -0.39 is 0 Å². The van der Waals surface area contributed by atoms with Crippen LogP contribution in [0.3, 0.4) is 0 Å². The molecule has 3 heterocycles. The number of benzene rings is 2. The zero-order chi connectivity index (χ0) is 21.0. The highest BCUT2D eigenvalue weighted by molar-refractivity contribution is 5.91. The van der Waals surface area contributed by atoms with Crippen molar-refractivity contribution in [1.29, 1.82) is 0 Å². The first kappa shape index (κ1) is 19.4. The van der Waals surface area contributed by atoms with E-state index in [0.717, 1.165) is 37.4 Å². The highest BCUT2D eigenvalue weighted by atomic mass is 16.6. The molecule has 0 saturated heterocycles. The molecule has 8 nitrogen and oxygen atoms in total. The van der Waals surface area contributed by atoms with Gasteiger partial charge in [0.2, 0.25) is 0 Å². The third kappa shape index (κ3) is 4.33. The van der Waals surface area contributed by atoms with Crippen LogP contribution in [0.4, 0.5) is 5.69 Å². The molecule has 1 atom stereocenters. The smallest absolute Gasteiger partial charge is 0.273 e. The van der Waals surface area contributed by atoms with Crippen LogP contribution in [0.25, 0.3) is 0 Å². The molecule has 2 aromatic carbocycles. The van der Waals surface area contributed by atoms with Crippen LogP contribution >= 0.6 is 0 Å². The average molecular weight is 419 g/mol. The number of hydrogen-bond donors (Lipinski definition) is 1. The summed E-state index contributed by atoms with van der Waals surface area (Å²) < 4.78 is 13.3. The van der Waals surface area contributed by atoms with Gasteiger partial charge in [-0.1, -0.05) is 35.5 Å². The summed E-state index contributed by atoms with van der Waals surface area (Å²) in [4.78, 5) is 14.8. The SMILES string of the molecule is O=C(NCCN1CCCc2ccccc21)c1cn(C[C@@H]2COc3ccccc3O2)nn1. The Hall–Kier alpha value is -3.55. The van der Waals surface area contributed by atoms with E-state index in [1.807, 2.05) is 24.3 Å². The van der Waals surface area contributed by atoms with Crippen LogP contribution in [0, 0.1) is 0 Å². The normalized spacial score (nSPS) is 17.2. The number of fused-ring (bicyclic) bond motifs is 2. The Morgan fingerprint density at radius 3 is 2.90 bits per heavy atom. The molecule has 5 rings (SSSR count). The standard InChI is InChI=1S/C23H25N5O3/c29-23(24-11-13-27-12-5-7-17-6-1-2-8-20(17)27)19-15-28(26-25-19)14-18-16-30-21-9-3-4-10-22(21)31-18/h1-4,6,8-10,15,18H,5,7,11-14,16H2,(H,24,29)/t18-/m1/s1. The minimum atomic E-state index is -0.220. The Balaban J connectivity index is 1.13. The highest BCUT2D eigenvalue weighted by Gasteiger charge is 2.22. The van der Waals surface area contributed by atoms with Crippen molar-refractivity contribution in [3.05, 3.63) is 66.0 Å². The number of nitrogens with zero attached hydrogens (tertiary/aromatic N) is 4. The van der Waals surface area contributed by atoms with Gasteiger partial charge in [-0.2, -0.15) is 0 Å². The molecular weight excluding hydrogens is 394 g/mol. The third-order valence-electron chi connectivity index (χ3n) is 5.60. The summed E-state index contributed by atoms with van der Waals surface area (Å²) in [5, 5.41) is 11.0. The largest absolute Gasteiger partial charge is 0.486 e. The molecule has 0 radical (unpaired) electrons. The lowest BCUT2D eigenvalue weighted by atomic mass is 10.0. The fourth-order valence-corrected chi connectivity index (χ4v) is 4.09. The molecule has 0 aliphatic carbocycles. The predicted octanol–water partition coefficient (Wildman–Crippen LogP) is 2.30. The summed E-state index contributed by atoms with van der Waals surface area (Å²) in [6, 6.07) is 16.0. The van der Waals surface area contributed by atoms with Crippen LogP contribution in [-0.4, -0.2) is 53.2 Å². The van der Waals surface area contributed by atoms with Crippen LogP contribution in [0.15, 0.2) is 54.7 Å². The number of hydrogen-bond acceptors (Lipinski definition) is 6. The number of rotatable bonds is 6. The van der Waals surface area contributed by atoms with Gasteiger partial charge >= 0.3 is 0 Å². The summed E-state index contributed by atoms with van der Waals surface area (Å²) in [5.74, 6) is 1.24. The van der Waals surface area contributed by atoms with E-state index in [1.54, 1.807) is 10.9 Å².